The Morgan fingerprint density at radius 2 is 1.71 bits per heavy atom. The van der Waals surface area contributed by atoms with Gasteiger partial charge in [0.2, 0.25) is 5.82 Å². The Hall–Kier alpha value is -4.08. The molecule has 3 aromatic rings. The van der Waals surface area contributed by atoms with Crippen molar-refractivity contribution in [1.82, 2.24) is 29.2 Å². The predicted molar refractivity (Wildman–Crippen MR) is 144 cm³/mol. The summed E-state index contributed by atoms with van der Waals surface area (Å²) in [6.45, 7) is 2.41. The van der Waals surface area contributed by atoms with E-state index in [9.17, 15) is 9.59 Å². The van der Waals surface area contributed by atoms with Gasteiger partial charge in [-0.25, -0.2) is 14.5 Å². The van der Waals surface area contributed by atoms with Gasteiger partial charge in [0.25, 0.3) is 5.56 Å². The highest BCUT2D eigenvalue weighted by atomic mass is 35.5. The zero-order valence-corrected chi connectivity index (χ0v) is 21.5. The fraction of sp³-hybridized carbons (Fsp3) is 0.250. The Balaban J connectivity index is 1.30. The molecule has 0 atom stereocenters. The largest absolute Gasteiger partial charge is 0.453 e. The first-order chi connectivity index (χ1) is 18.5. The van der Waals surface area contributed by atoms with E-state index in [-0.39, 0.29) is 23.4 Å². The van der Waals surface area contributed by atoms with Crippen molar-refractivity contribution in [3.05, 3.63) is 98.2 Å². The maximum Gasteiger partial charge on any atom is 0.352 e. The molecule has 1 fully saturated rings. The van der Waals surface area contributed by atoms with Crippen molar-refractivity contribution in [3.63, 3.8) is 0 Å². The van der Waals surface area contributed by atoms with Crippen LogP contribution in [-0.4, -0.2) is 42.3 Å². The van der Waals surface area contributed by atoms with E-state index in [4.69, 9.17) is 16.0 Å². The van der Waals surface area contributed by atoms with E-state index in [1.807, 2.05) is 30.3 Å². The molecule has 4 heterocycles. The van der Waals surface area contributed by atoms with Gasteiger partial charge in [-0.15, -0.1) is 5.10 Å². The summed E-state index contributed by atoms with van der Waals surface area (Å²) in [7, 11) is 1.63. The molecule has 2 aromatic carbocycles. The highest BCUT2D eigenvalue weighted by Crippen LogP contribution is 2.29. The number of hydrogen-bond acceptors (Lipinski definition) is 7. The second-order valence-corrected chi connectivity index (χ2v) is 9.90. The summed E-state index contributed by atoms with van der Waals surface area (Å²) in [6.07, 6.45) is 1.36. The fourth-order valence-corrected chi connectivity index (χ4v) is 5.18. The summed E-state index contributed by atoms with van der Waals surface area (Å²) in [5, 5.41) is 5.00. The molecule has 0 bridgehead atoms. The number of rotatable bonds is 5. The van der Waals surface area contributed by atoms with E-state index < -0.39 is 11.2 Å². The number of furan rings is 1. The SMILES string of the molecule is Cn1nc(-c2ccc(-c3cccc(Cl)c3)o2)nc2c(=O)n(C3CCN(Cc4ccccc4)CC3)c(=O)nc1-2. The van der Waals surface area contributed by atoms with Crippen LogP contribution in [0.4, 0.5) is 0 Å². The molecule has 1 aromatic heterocycles. The lowest BCUT2D eigenvalue weighted by atomic mass is 10.0. The normalized spacial score (nSPS) is 14.8. The topological polar surface area (TPSA) is 99.0 Å². The van der Waals surface area contributed by atoms with Crippen molar-refractivity contribution in [3.8, 4) is 34.4 Å². The molecule has 0 saturated carbocycles. The third kappa shape index (κ3) is 4.66. The average Bonchev–Trinajstić information content (AvgIpc) is 3.41. The van der Waals surface area contributed by atoms with Gasteiger partial charge in [0.05, 0.1) is 0 Å². The van der Waals surface area contributed by atoms with Gasteiger partial charge < -0.3 is 4.42 Å². The Labute approximate surface area is 223 Å². The molecule has 0 N–H and O–H groups in total. The Morgan fingerprint density at radius 3 is 2.47 bits per heavy atom. The molecular weight excluding hydrogens is 504 g/mol. The van der Waals surface area contributed by atoms with Gasteiger partial charge in [0.1, 0.15) is 5.76 Å². The van der Waals surface area contributed by atoms with Gasteiger partial charge in [-0.3, -0.25) is 14.3 Å². The van der Waals surface area contributed by atoms with Crippen LogP contribution in [0.25, 0.3) is 34.4 Å². The predicted octanol–water partition coefficient (Wildman–Crippen LogP) is 4.25. The quantitative estimate of drug-likeness (QED) is 0.336. The standard InChI is InChI=1S/C28H25ClN6O3/c1-33-26-24(30-25(32-33)23-11-10-22(38-23)19-8-5-9-20(29)16-19)27(36)35(28(37)31-26)21-12-14-34(15-13-21)17-18-6-3-2-4-7-18/h2-11,16,21H,12-15,17H2,1H3. The number of aryl methyl sites for hydroxylation is 1. The average molecular weight is 529 g/mol. The highest BCUT2D eigenvalue weighted by molar-refractivity contribution is 6.30. The van der Waals surface area contributed by atoms with E-state index in [1.165, 1.54) is 14.8 Å². The van der Waals surface area contributed by atoms with E-state index in [0.29, 0.717) is 29.4 Å². The van der Waals surface area contributed by atoms with Gasteiger partial charge in [0, 0.05) is 43.3 Å². The molecule has 6 rings (SSSR count). The molecule has 3 aliphatic heterocycles. The van der Waals surface area contributed by atoms with Gasteiger partial charge in [-0.05, 0) is 42.7 Å². The van der Waals surface area contributed by atoms with Crippen LogP contribution in [0.15, 0.2) is 80.7 Å². The monoisotopic (exact) mass is 528 g/mol. The van der Waals surface area contributed by atoms with Crippen LogP contribution in [0.3, 0.4) is 0 Å². The Morgan fingerprint density at radius 1 is 0.947 bits per heavy atom. The first kappa shape index (κ1) is 24.3. The van der Waals surface area contributed by atoms with Crippen LogP contribution in [0.1, 0.15) is 24.4 Å². The van der Waals surface area contributed by atoms with Crippen LogP contribution in [-0.2, 0) is 13.6 Å². The number of benzene rings is 2. The lowest BCUT2D eigenvalue weighted by molar-refractivity contribution is 0.175. The van der Waals surface area contributed by atoms with Crippen molar-refractivity contribution >= 4 is 11.6 Å². The summed E-state index contributed by atoms with van der Waals surface area (Å²) in [5.41, 5.74) is 1.12. The summed E-state index contributed by atoms with van der Waals surface area (Å²) in [6, 6.07) is 20.9. The molecule has 1 saturated heterocycles. The second kappa shape index (κ2) is 10.00. The molecule has 0 unspecified atom stereocenters. The third-order valence-corrected chi connectivity index (χ3v) is 7.15. The molecular formula is C28H25ClN6O3. The number of likely N-dealkylation sites (tertiary alicyclic amines) is 1. The van der Waals surface area contributed by atoms with E-state index in [2.05, 4.69) is 32.1 Å². The minimum Gasteiger partial charge on any atom is -0.453 e. The van der Waals surface area contributed by atoms with Gasteiger partial charge in [-0.2, -0.15) is 4.98 Å². The summed E-state index contributed by atoms with van der Waals surface area (Å²) in [5.74, 6) is 1.36. The molecule has 0 amide bonds. The van der Waals surface area contributed by atoms with Crippen molar-refractivity contribution in [2.24, 2.45) is 7.05 Å². The van der Waals surface area contributed by atoms with Crippen LogP contribution in [0.5, 0.6) is 0 Å². The van der Waals surface area contributed by atoms with Gasteiger partial charge in [0.15, 0.2) is 17.3 Å². The van der Waals surface area contributed by atoms with Gasteiger partial charge >= 0.3 is 5.69 Å². The summed E-state index contributed by atoms with van der Waals surface area (Å²) in [4.78, 5) is 37.6. The maximum atomic E-state index is 13.6. The molecule has 38 heavy (non-hydrogen) atoms. The Kier molecular flexibility index (Phi) is 6.39. The summed E-state index contributed by atoms with van der Waals surface area (Å²) >= 11 is 6.12. The minimum atomic E-state index is -0.572. The number of hydrogen-bond donors (Lipinski definition) is 0. The lowest BCUT2D eigenvalue weighted by Gasteiger charge is -2.32. The number of halogens is 1. The molecule has 0 aliphatic carbocycles. The molecule has 3 aliphatic rings. The van der Waals surface area contributed by atoms with Crippen LogP contribution >= 0.6 is 11.6 Å². The zero-order chi connectivity index (χ0) is 26.2. The smallest absolute Gasteiger partial charge is 0.352 e. The number of piperidine rings is 1. The third-order valence-electron chi connectivity index (χ3n) is 6.92. The molecule has 9 nitrogen and oxygen atoms in total. The van der Waals surface area contributed by atoms with Gasteiger partial charge in [-0.1, -0.05) is 54.1 Å². The summed E-state index contributed by atoms with van der Waals surface area (Å²) < 4.78 is 8.65. The van der Waals surface area contributed by atoms with E-state index >= 15 is 0 Å². The fourth-order valence-electron chi connectivity index (χ4n) is 4.99. The van der Waals surface area contributed by atoms with Crippen molar-refractivity contribution in [1.29, 1.82) is 0 Å². The lowest BCUT2D eigenvalue weighted by Crippen LogP contribution is -2.45. The number of fused-ring (bicyclic) bond motifs is 1. The minimum absolute atomic E-state index is 0.0875. The van der Waals surface area contributed by atoms with Crippen molar-refractivity contribution < 1.29 is 4.42 Å². The maximum absolute atomic E-state index is 13.6. The molecule has 0 spiro atoms. The first-order valence-corrected chi connectivity index (χ1v) is 12.8. The highest BCUT2D eigenvalue weighted by Gasteiger charge is 2.28. The van der Waals surface area contributed by atoms with Crippen LogP contribution in [0, 0.1) is 0 Å². The van der Waals surface area contributed by atoms with Crippen molar-refractivity contribution in [2.75, 3.05) is 13.1 Å². The number of aromatic nitrogens is 5. The van der Waals surface area contributed by atoms with E-state index in [1.54, 1.807) is 31.3 Å². The van der Waals surface area contributed by atoms with E-state index in [0.717, 1.165) is 25.2 Å². The second-order valence-electron chi connectivity index (χ2n) is 9.47. The first-order valence-electron chi connectivity index (χ1n) is 12.5. The molecule has 10 heteroatoms. The number of nitrogens with zero attached hydrogens (tertiary/aromatic N) is 6. The molecule has 0 radical (unpaired) electrons. The van der Waals surface area contributed by atoms with Crippen LogP contribution < -0.4 is 11.2 Å². The van der Waals surface area contributed by atoms with Crippen LogP contribution in [0.2, 0.25) is 5.02 Å². The zero-order valence-electron chi connectivity index (χ0n) is 20.7. The van der Waals surface area contributed by atoms with Crippen molar-refractivity contribution in [2.45, 2.75) is 25.4 Å². The Bertz CT molecular complexity index is 1690. The molecule has 192 valence electrons.